The maximum absolute atomic E-state index is 11.2. The highest BCUT2D eigenvalue weighted by molar-refractivity contribution is 7.91. The van der Waals surface area contributed by atoms with Crippen LogP contribution >= 0.6 is 0 Å². The molecule has 5 heteroatoms. The van der Waals surface area contributed by atoms with E-state index < -0.39 is 15.9 Å². The standard InChI is InChI=1S/C8H17NO3S/c1-13(11,12)7-3-2-6(5-9)8(10)4-7/h6-8,10H,2-5,9H2,1H3. The smallest absolute Gasteiger partial charge is 0.150 e. The lowest BCUT2D eigenvalue weighted by atomic mass is 9.86. The van der Waals surface area contributed by atoms with Gasteiger partial charge in [0, 0.05) is 6.26 Å². The van der Waals surface area contributed by atoms with Gasteiger partial charge in [0.05, 0.1) is 11.4 Å². The van der Waals surface area contributed by atoms with E-state index in [9.17, 15) is 13.5 Å². The average molecular weight is 207 g/mol. The van der Waals surface area contributed by atoms with Crippen LogP contribution in [0, 0.1) is 5.92 Å². The van der Waals surface area contributed by atoms with Crippen LogP contribution in [0.5, 0.6) is 0 Å². The van der Waals surface area contributed by atoms with Crippen LogP contribution < -0.4 is 5.73 Å². The fourth-order valence-corrected chi connectivity index (χ4v) is 2.95. The molecular weight excluding hydrogens is 190 g/mol. The molecular formula is C8H17NO3S. The summed E-state index contributed by atoms with van der Waals surface area (Å²) in [5.41, 5.74) is 5.44. The summed E-state index contributed by atoms with van der Waals surface area (Å²) in [5.74, 6) is 0.0815. The molecule has 78 valence electrons. The summed E-state index contributed by atoms with van der Waals surface area (Å²) in [6, 6.07) is 0. The van der Waals surface area contributed by atoms with E-state index in [0.717, 1.165) is 6.42 Å². The zero-order chi connectivity index (χ0) is 10.1. The summed E-state index contributed by atoms with van der Waals surface area (Å²) in [7, 11) is -2.99. The molecule has 0 spiro atoms. The summed E-state index contributed by atoms with van der Waals surface area (Å²) in [5, 5.41) is 9.19. The molecule has 1 saturated carbocycles. The quantitative estimate of drug-likeness (QED) is 0.641. The van der Waals surface area contributed by atoms with E-state index in [-0.39, 0.29) is 11.2 Å². The van der Waals surface area contributed by atoms with Gasteiger partial charge in [0.15, 0.2) is 0 Å². The highest BCUT2D eigenvalue weighted by Gasteiger charge is 2.33. The molecule has 4 nitrogen and oxygen atoms in total. The monoisotopic (exact) mass is 207 g/mol. The summed E-state index contributed by atoms with van der Waals surface area (Å²) >= 11 is 0. The first-order chi connectivity index (χ1) is 5.95. The number of aliphatic hydroxyl groups is 1. The van der Waals surface area contributed by atoms with Gasteiger partial charge in [-0.1, -0.05) is 0 Å². The van der Waals surface area contributed by atoms with Gasteiger partial charge in [-0.05, 0) is 31.7 Å². The van der Waals surface area contributed by atoms with Crippen molar-refractivity contribution in [2.24, 2.45) is 11.7 Å². The first-order valence-corrected chi connectivity index (χ1v) is 6.47. The van der Waals surface area contributed by atoms with Gasteiger partial charge in [0.2, 0.25) is 0 Å². The molecule has 1 aliphatic rings. The highest BCUT2D eigenvalue weighted by Crippen LogP contribution is 2.27. The molecule has 0 amide bonds. The van der Waals surface area contributed by atoms with Crippen LogP contribution in [0.2, 0.25) is 0 Å². The van der Waals surface area contributed by atoms with Gasteiger partial charge in [-0.3, -0.25) is 0 Å². The predicted octanol–water partition coefficient (Wildman–Crippen LogP) is -0.481. The van der Waals surface area contributed by atoms with Gasteiger partial charge in [0.25, 0.3) is 0 Å². The van der Waals surface area contributed by atoms with Crippen LogP contribution in [0.4, 0.5) is 0 Å². The van der Waals surface area contributed by atoms with E-state index in [1.807, 2.05) is 0 Å². The van der Waals surface area contributed by atoms with Crippen LogP contribution in [-0.2, 0) is 9.84 Å². The second kappa shape index (κ2) is 3.94. The lowest BCUT2D eigenvalue weighted by molar-refractivity contribution is 0.0757. The third-order valence-electron chi connectivity index (χ3n) is 2.82. The summed E-state index contributed by atoms with van der Waals surface area (Å²) in [6.45, 7) is 0.442. The van der Waals surface area contributed by atoms with Crippen molar-refractivity contribution in [3.8, 4) is 0 Å². The number of rotatable bonds is 2. The molecule has 0 heterocycles. The van der Waals surface area contributed by atoms with Crippen molar-refractivity contribution in [1.29, 1.82) is 0 Å². The normalized spacial score (nSPS) is 36.1. The van der Waals surface area contributed by atoms with Crippen LogP contribution in [0.15, 0.2) is 0 Å². The lowest BCUT2D eigenvalue weighted by Crippen LogP contribution is -2.39. The Bertz CT molecular complexity index is 263. The molecule has 0 bridgehead atoms. The maximum atomic E-state index is 11.2. The number of sulfone groups is 1. The Morgan fingerprint density at radius 2 is 2.08 bits per heavy atom. The van der Waals surface area contributed by atoms with E-state index in [2.05, 4.69) is 0 Å². The van der Waals surface area contributed by atoms with Crippen LogP contribution in [0.1, 0.15) is 19.3 Å². The Hall–Kier alpha value is -0.130. The Morgan fingerprint density at radius 1 is 1.46 bits per heavy atom. The zero-order valence-electron chi connectivity index (χ0n) is 7.81. The molecule has 0 aromatic carbocycles. The number of aliphatic hydroxyl groups excluding tert-OH is 1. The molecule has 3 unspecified atom stereocenters. The van der Waals surface area contributed by atoms with Gasteiger partial charge in [-0.25, -0.2) is 8.42 Å². The minimum Gasteiger partial charge on any atom is -0.393 e. The minimum absolute atomic E-state index is 0.0815. The lowest BCUT2D eigenvalue weighted by Gasteiger charge is -2.31. The second-order valence-corrected chi connectivity index (χ2v) is 6.15. The first kappa shape index (κ1) is 10.9. The Kier molecular flexibility index (Phi) is 3.32. The van der Waals surface area contributed by atoms with Gasteiger partial charge < -0.3 is 10.8 Å². The van der Waals surface area contributed by atoms with Crippen LogP contribution in [0.25, 0.3) is 0 Å². The van der Waals surface area contributed by atoms with Crippen LogP contribution in [0.3, 0.4) is 0 Å². The molecule has 1 aliphatic carbocycles. The number of hydrogen-bond donors (Lipinski definition) is 2. The minimum atomic E-state index is -2.99. The molecule has 3 atom stereocenters. The summed E-state index contributed by atoms with van der Waals surface area (Å²) in [4.78, 5) is 0. The van der Waals surface area contributed by atoms with E-state index in [1.54, 1.807) is 0 Å². The molecule has 1 rings (SSSR count). The number of nitrogens with two attached hydrogens (primary N) is 1. The molecule has 3 N–H and O–H groups in total. The fraction of sp³-hybridized carbons (Fsp3) is 1.00. The van der Waals surface area contributed by atoms with Crippen molar-refractivity contribution in [3.63, 3.8) is 0 Å². The van der Waals surface area contributed by atoms with Gasteiger partial charge in [-0.2, -0.15) is 0 Å². The molecule has 1 fully saturated rings. The third-order valence-corrected chi connectivity index (χ3v) is 4.46. The molecule has 0 aliphatic heterocycles. The topological polar surface area (TPSA) is 80.4 Å². The predicted molar refractivity (Wildman–Crippen MR) is 51.0 cm³/mol. The highest BCUT2D eigenvalue weighted by atomic mass is 32.2. The van der Waals surface area contributed by atoms with Gasteiger partial charge in [0.1, 0.15) is 9.84 Å². The second-order valence-electron chi connectivity index (χ2n) is 3.83. The van der Waals surface area contributed by atoms with Crippen molar-refractivity contribution in [2.45, 2.75) is 30.6 Å². The summed E-state index contributed by atoms with van der Waals surface area (Å²) < 4.78 is 22.4. The zero-order valence-corrected chi connectivity index (χ0v) is 8.63. The van der Waals surface area contributed by atoms with E-state index in [0.29, 0.717) is 19.4 Å². The maximum Gasteiger partial charge on any atom is 0.150 e. The first-order valence-electron chi connectivity index (χ1n) is 4.52. The van der Waals surface area contributed by atoms with E-state index in [4.69, 9.17) is 5.73 Å². The largest absolute Gasteiger partial charge is 0.393 e. The third kappa shape index (κ3) is 2.65. The van der Waals surface area contributed by atoms with Crippen molar-refractivity contribution in [1.82, 2.24) is 0 Å². The Morgan fingerprint density at radius 3 is 2.46 bits per heavy atom. The molecule has 0 aromatic heterocycles. The molecule has 0 aromatic rings. The number of hydrogen-bond acceptors (Lipinski definition) is 4. The fourth-order valence-electron chi connectivity index (χ4n) is 1.84. The van der Waals surface area contributed by atoms with Crippen molar-refractivity contribution < 1.29 is 13.5 Å². The SMILES string of the molecule is CS(=O)(=O)C1CCC(CN)C(O)C1. The Balaban J connectivity index is 2.61. The molecule has 13 heavy (non-hydrogen) atoms. The average Bonchev–Trinajstić information content (AvgIpc) is 2.02. The van der Waals surface area contributed by atoms with E-state index >= 15 is 0 Å². The molecule has 0 saturated heterocycles. The van der Waals surface area contributed by atoms with E-state index in [1.165, 1.54) is 6.26 Å². The van der Waals surface area contributed by atoms with Crippen molar-refractivity contribution in [3.05, 3.63) is 0 Å². The Labute approximate surface area is 79.0 Å². The summed E-state index contributed by atoms with van der Waals surface area (Å²) in [6.07, 6.45) is 2.39. The van der Waals surface area contributed by atoms with Crippen molar-refractivity contribution in [2.75, 3.05) is 12.8 Å². The van der Waals surface area contributed by atoms with Crippen molar-refractivity contribution >= 4 is 9.84 Å². The van der Waals surface area contributed by atoms with Gasteiger partial charge >= 0.3 is 0 Å². The molecule has 0 radical (unpaired) electrons. The van der Waals surface area contributed by atoms with Crippen LogP contribution in [-0.4, -0.2) is 37.7 Å². The van der Waals surface area contributed by atoms with Gasteiger partial charge in [-0.15, -0.1) is 0 Å².